The lowest BCUT2D eigenvalue weighted by molar-refractivity contribution is 0.419. The molecule has 2 heteroatoms. The maximum Gasteiger partial charge on any atom is 0.0469 e. The molecule has 1 aliphatic carbocycles. The third-order valence-electron chi connectivity index (χ3n) is 3.39. The number of hydrogen-bond acceptors (Lipinski definition) is 1. The molecule has 0 saturated carbocycles. The summed E-state index contributed by atoms with van der Waals surface area (Å²) < 4.78 is 0. The standard InChI is InChI=1S/C13H18ClN/c1-9(8-10(2)14)12-6-5-11-4-3-7-15-13(11)12/h3-4,7,9-10,12H,5-6,8H2,1-2H3. The van der Waals surface area contributed by atoms with Crippen LogP contribution in [0.3, 0.4) is 0 Å². The highest BCUT2D eigenvalue weighted by atomic mass is 35.5. The van der Waals surface area contributed by atoms with Crippen LogP contribution in [-0.4, -0.2) is 10.4 Å². The third-order valence-corrected chi connectivity index (χ3v) is 3.56. The highest BCUT2D eigenvalue weighted by Gasteiger charge is 2.28. The van der Waals surface area contributed by atoms with Crippen molar-refractivity contribution >= 4 is 11.6 Å². The van der Waals surface area contributed by atoms with Crippen LogP contribution in [0, 0.1) is 5.92 Å². The minimum absolute atomic E-state index is 0.271. The van der Waals surface area contributed by atoms with Crippen molar-refractivity contribution in [3.05, 3.63) is 29.6 Å². The van der Waals surface area contributed by atoms with Crippen molar-refractivity contribution in [3.8, 4) is 0 Å². The number of aromatic nitrogens is 1. The van der Waals surface area contributed by atoms with E-state index in [1.165, 1.54) is 24.1 Å². The molecule has 0 aliphatic heterocycles. The van der Waals surface area contributed by atoms with E-state index in [0.717, 1.165) is 6.42 Å². The number of rotatable bonds is 3. The van der Waals surface area contributed by atoms with Crippen molar-refractivity contribution in [3.63, 3.8) is 0 Å². The molecule has 1 aromatic rings. The van der Waals surface area contributed by atoms with Gasteiger partial charge in [0.05, 0.1) is 0 Å². The average Bonchev–Trinajstić information content (AvgIpc) is 2.59. The van der Waals surface area contributed by atoms with Crippen LogP contribution in [0.5, 0.6) is 0 Å². The van der Waals surface area contributed by atoms with E-state index in [1.54, 1.807) is 0 Å². The molecule has 1 aliphatic rings. The smallest absolute Gasteiger partial charge is 0.0469 e. The summed E-state index contributed by atoms with van der Waals surface area (Å²) >= 11 is 6.06. The van der Waals surface area contributed by atoms with Crippen LogP contribution in [0.25, 0.3) is 0 Å². The van der Waals surface area contributed by atoms with Crippen LogP contribution < -0.4 is 0 Å². The maximum atomic E-state index is 6.06. The van der Waals surface area contributed by atoms with Gasteiger partial charge in [0.15, 0.2) is 0 Å². The number of alkyl halides is 1. The SMILES string of the molecule is CC(Cl)CC(C)C1CCc2cccnc21. The molecular formula is C13H18ClN. The molecule has 82 valence electrons. The molecule has 1 nitrogen and oxygen atoms in total. The van der Waals surface area contributed by atoms with Crippen molar-refractivity contribution in [1.29, 1.82) is 0 Å². The fourth-order valence-corrected chi connectivity index (χ4v) is 2.96. The largest absolute Gasteiger partial charge is 0.261 e. The molecule has 0 saturated heterocycles. The summed E-state index contributed by atoms with van der Waals surface area (Å²) in [5, 5.41) is 0.271. The summed E-state index contributed by atoms with van der Waals surface area (Å²) in [7, 11) is 0. The Morgan fingerprint density at radius 2 is 2.33 bits per heavy atom. The van der Waals surface area contributed by atoms with Crippen LogP contribution in [0.15, 0.2) is 18.3 Å². The van der Waals surface area contributed by atoms with Crippen molar-refractivity contribution in [1.82, 2.24) is 4.98 Å². The first kappa shape index (κ1) is 10.9. The first-order chi connectivity index (χ1) is 7.18. The molecule has 3 atom stereocenters. The molecule has 0 spiro atoms. The second-order valence-corrected chi connectivity index (χ2v) is 5.43. The minimum atomic E-state index is 0.271. The van der Waals surface area contributed by atoms with Gasteiger partial charge in [-0.1, -0.05) is 13.0 Å². The van der Waals surface area contributed by atoms with Gasteiger partial charge in [-0.2, -0.15) is 0 Å². The quantitative estimate of drug-likeness (QED) is 0.711. The molecule has 15 heavy (non-hydrogen) atoms. The Morgan fingerprint density at radius 3 is 3.07 bits per heavy atom. The van der Waals surface area contributed by atoms with Gasteiger partial charge in [0.25, 0.3) is 0 Å². The topological polar surface area (TPSA) is 12.9 Å². The van der Waals surface area contributed by atoms with E-state index >= 15 is 0 Å². The van der Waals surface area contributed by atoms with Crippen molar-refractivity contribution < 1.29 is 0 Å². The number of halogens is 1. The van der Waals surface area contributed by atoms with Gasteiger partial charge in [-0.05, 0) is 43.7 Å². The minimum Gasteiger partial charge on any atom is -0.261 e. The first-order valence-electron chi connectivity index (χ1n) is 5.76. The lowest BCUT2D eigenvalue weighted by Gasteiger charge is -2.20. The van der Waals surface area contributed by atoms with Gasteiger partial charge < -0.3 is 0 Å². The highest BCUT2D eigenvalue weighted by molar-refractivity contribution is 6.20. The van der Waals surface area contributed by atoms with Gasteiger partial charge in [0, 0.05) is 23.2 Å². The zero-order valence-corrected chi connectivity index (χ0v) is 10.2. The van der Waals surface area contributed by atoms with Crippen molar-refractivity contribution in [2.24, 2.45) is 5.92 Å². The van der Waals surface area contributed by atoms with Gasteiger partial charge in [0.2, 0.25) is 0 Å². The molecule has 0 amide bonds. The van der Waals surface area contributed by atoms with E-state index < -0.39 is 0 Å². The Hall–Kier alpha value is -0.560. The summed E-state index contributed by atoms with van der Waals surface area (Å²) in [6.07, 6.45) is 5.43. The summed E-state index contributed by atoms with van der Waals surface area (Å²) in [6.45, 7) is 4.37. The number of aryl methyl sites for hydroxylation is 1. The van der Waals surface area contributed by atoms with Gasteiger partial charge in [-0.15, -0.1) is 11.6 Å². The van der Waals surface area contributed by atoms with Gasteiger partial charge in [0.1, 0.15) is 0 Å². The monoisotopic (exact) mass is 223 g/mol. The van der Waals surface area contributed by atoms with E-state index in [4.69, 9.17) is 11.6 Å². The number of hydrogen-bond donors (Lipinski definition) is 0. The first-order valence-corrected chi connectivity index (χ1v) is 6.20. The molecule has 3 unspecified atom stereocenters. The second kappa shape index (κ2) is 4.52. The molecule has 2 rings (SSSR count). The fraction of sp³-hybridized carbons (Fsp3) is 0.615. The number of fused-ring (bicyclic) bond motifs is 1. The van der Waals surface area contributed by atoms with Gasteiger partial charge in [-0.25, -0.2) is 0 Å². The molecular weight excluding hydrogens is 206 g/mol. The highest BCUT2D eigenvalue weighted by Crippen LogP contribution is 2.38. The van der Waals surface area contributed by atoms with Crippen LogP contribution >= 0.6 is 11.6 Å². The van der Waals surface area contributed by atoms with E-state index in [0.29, 0.717) is 11.8 Å². The Balaban J connectivity index is 2.13. The molecule has 1 aromatic heterocycles. The van der Waals surface area contributed by atoms with Crippen molar-refractivity contribution in [2.75, 3.05) is 0 Å². The Bertz CT molecular complexity index is 335. The molecule has 0 aromatic carbocycles. The third kappa shape index (κ3) is 2.34. The Morgan fingerprint density at radius 1 is 1.53 bits per heavy atom. The average molecular weight is 224 g/mol. The Kier molecular flexibility index (Phi) is 3.30. The van der Waals surface area contributed by atoms with Crippen LogP contribution in [0.2, 0.25) is 0 Å². The normalized spacial score (nSPS) is 23.5. The molecule has 0 radical (unpaired) electrons. The zero-order chi connectivity index (χ0) is 10.8. The second-order valence-electron chi connectivity index (χ2n) is 4.69. The number of pyridine rings is 1. The zero-order valence-electron chi connectivity index (χ0n) is 9.41. The van der Waals surface area contributed by atoms with E-state index in [9.17, 15) is 0 Å². The molecule has 0 N–H and O–H groups in total. The van der Waals surface area contributed by atoms with E-state index in [-0.39, 0.29) is 5.38 Å². The number of nitrogens with zero attached hydrogens (tertiary/aromatic N) is 1. The van der Waals surface area contributed by atoms with Gasteiger partial charge >= 0.3 is 0 Å². The summed E-state index contributed by atoms with van der Waals surface area (Å²) in [6, 6.07) is 4.25. The van der Waals surface area contributed by atoms with Crippen LogP contribution in [0.1, 0.15) is 43.9 Å². The molecule has 1 heterocycles. The van der Waals surface area contributed by atoms with E-state index in [2.05, 4.69) is 24.9 Å². The van der Waals surface area contributed by atoms with Crippen molar-refractivity contribution in [2.45, 2.75) is 44.4 Å². The maximum absolute atomic E-state index is 6.06. The summed E-state index contributed by atoms with van der Waals surface area (Å²) in [5.41, 5.74) is 2.76. The molecule has 0 fully saturated rings. The Labute approximate surface area is 96.9 Å². The van der Waals surface area contributed by atoms with Gasteiger partial charge in [-0.3, -0.25) is 4.98 Å². The van der Waals surface area contributed by atoms with Crippen LogP contribution in [0.4, 0.5) is 0 Å². The summed E-state index contributed by atoms with van der Waals surface area (Å²) in [4.78, 5) is 4.53. The lowest BCUT2D eigenvalue weighted by atomic mass is 9.88. The van der Waals surface area contributed by atoms with Crippen LogP contribution in [-0.2, 0) is 6.42 Å². The lowest BCUT2D eigenvalue weighted by Crippen LogP contribution is -2.11. The fourth-order valence-electron chi connectivity index (χ4n) is 2.67. The summed E-state index contributed by atoms with van der Waals surface area (Å²) in [5.74, 6) is 1.27. The molecule has 0 bridgehead atoms. The van der Waals surface area contributed by atoms with E-state index in [1.807, 2.05) is 12.3 Å². The predicted molar refractivity (Wildman–Crippen MR) is 64.4 cm³/mol. The predicted octanol–water partition coefficient (Wildman–Crippen LogP) is 3.76.